The highest BCUT2D eigenvalue weighted by Gasteiger charge is 2.07. The molecular weight excluding hydrogens is 236 g/mol. The number of nitrogens with zero attached hydrogens (tertiary/aromatic N) is 2. The number of aliphatic carboxylic acids is 1. The second-order valence-corrected chi connectivity index (χ2v) is 3.87. The quantitative estimate of drug-likeness (QED) is 0.586. The van der Waals surface area contributed by atoms with Gasteiger partial charge in [-0.25, -0.2) is 4.79 Å². The van der Waals surface area contributed by atoms with Gasteiger partial charge in [-0.1, -0.05) is 5.16 Å². The highest BCUT2D eigenvalue weighted by molar-refractivity contribution is 5.81. The average Bonchev–Trinajstić information content (AvgIpc) is 2.58. The summed E-state index contributed by atoms with van der Waals surface area (Å²) in [7, 11) is 1.66. The Morgan fingerprint density at radius 2 is 2.28 bits per heavy atom. The van der Waals surface area contributed by atoms with Crippen LogP contribution in [-0.4, -0.2) is 42.2 Å². The van der Waals surface area contributed by atoms with E-state index >= 15 is 0 Å². The molecule has 1 heterocycles. The van der Waals surface area contributed by atoms with E-state index in [1.165, 1.54) is 6.21 Å². The largest absolute Gasteiger partial charge is 0.479 e. The molecule has 1 N–H and O–H groups in total. The smallest absolute Gasteiger partial charge is 0.344 e. The fourth-order valence-corrected chi connectivity index (χ4v) is 1.67. The van der Waals surface area contributed by atoms with Crippen molar-refractivity contribution in [3.05, 3.63) is 23.0 Å². The van der Waals surface area contributed by atoms with E-state index in [9.17, 15) is 4.79 Å². The maximum absolute atomic E-state index is 10.2. The van der Waals surface area contributed by atoms with E-state index in [2.05, 4.69) is 14.6 Å². The molecule has 0 bridgehead atoms. The lowest BCUT2D eigenvalue weighted by Gasteiger charge is -2.08. The minimum absolute atomic E-state index is 0.432. The first-order valence-corrected chi connectivity index (χ1v) is 5.59. The molecule has 0 aliphatic rings. The van der Waals surface area contributed by atoms with Crippen LogP contribution in [0.15, 0.2) is 11.2 Å². The number of ether oxygens (including phenoxy) is 1. The molecule has 0 saturated heterocycles. The van der Waals surface area contributed by atoms with Crippen molar-refractivity contribution < 1.29 is 19.5 Å². The van der Waals surface area contributed by atoms with Crippen LogP contribution in [0.2, 0.25) is 0 Å². The number of carboxylic acid groups (broad SMARTS) is 1. The first-order valence-electron chi connectivity index (χ1n) is 5.59. The van der Waals surface area contributed by atoms with Gasteiger partial charge in [0.05, 0.1) is 12.8 Å². The zero-order chi connectivity index (χ0) is 13.5. The number of hydrogen-bond acceptors (Lipinski definition) is 4. The lowest BCUT2D eigenvalue weighted by Crippen LogP contribution is -2.07. The minimum Gasteiger partial charge on any atom is -0.479 e. The van der Waals surface area contributed by atoms with Crippen LogP contribution < -0.4 is 0 Å². The van der Waals surface area contributed by atoms with Crippen molar-refractivity contribution >= 4 is 12.2 Å². The van der Waals surface area contributed by atoms with Crippen molar-refractivity contribution in [1.29, 1.82) is 0 Å². The molecule has 0 unspecified atom stereocenters. The summed E-state index contributed by atoms with van der Waals surface area (Å²) < 4.78 is 7.16. The molecule has 6 nitrogen and oxygen atoms in total. The van der Waals surface area contributed by atoms with E-state index in [1.54, 1.807) is 7.11 Å². The number of aromatic nitrogens is 1. The third kappa shape index (κ3) is 3.89. The number of aryl methyl sites for hydroxylation is 1. The molecule has 0 aliphatic heterocycles. The lowest BCUT2D eigenvalue weighted by atomic mass is 10.3. The summed E-state index contributed by atoms with van der Waals surface area (Å²) in [6, 6.07) is 1.97. The molecule has 100 valence electrons. The van der Waals surface area contributed by atoms with Gasteiger partial charge in [-0.15, -0.1) is 0 Å². The zero-order valence-electron chi connectivity index (χ0n) is 10.8. The van der Waals surface area contributed by atoms with Gasteiger partial charge in [0.2, 0.25) is 6.61 Å². The molecule has 0 spiro atoms. The number of carbonyl (C=O) groups is 1. The van der Waals surface area contributed by atoms with Gasteiger partial charge in [-0.2, -0.15) is 0 Å². The highest BCUT2D eigenvalue weighted by Crippen LogP contribution is 2.13. The normalized spacial score (nSPS) is 11.1. The monoisotopic (exact) mass is 254 g/mol. The van der Waals surface area contributed by atoms with Crippen LogP contribution in [-0.2, 0) is 20.9 Å². The molecule has 0 radical (unpaired) electrons. The van der Waals surface area contributed by atoms with Gasteiger partial charge in [0, 0.05) is 30.6 Å². The van der Waals surface area contributed by atoms with Crippen LogP contribution >= 0.6 is 0 Å². The second-order valence-electron chi connectivity index (χ2n) is 3.87. The van der Waals surface area contributed by atoms with E-state index in [1.807, 2.05) is 19.9 Å². The molecule has 0 aliphatic carbocycles. The average molecular weight is 254 g/mol. The predicted octanol–water partition coefficient (Wildman–Crippen LogP) is 1.19. The molecule has 0 fully saturated rings. The topological polar surface area (TPSA) is 73.0 Å². The fraction of sp³-hybridized carbons (Fsp3) is 0.500. The highest BCUT2D eigenvalue weighted by atomic mass is 16.6. The van der Waals surface area contributed by atoms with Crippen molar-refractivity contribution in [2.75, 3.05) is 20.3 Å². The third-order valence-corrected chi connectivity index (χ3v) is 2.59. The number of hydrogen-bond donors (Lipinski definition) is 1. The third-order valence-electron chi connectivity index (χ3n) is 2.59. The van der Waals surface area contributed by atoms with Crippen molar-refractivity contribution in [2.24, 2.45) is 5.16 Å². The first kappa shape index (κ1) is 14.2. The molecule has 6 heteroatoms. The molecule has 1 aromatic heterocycles. The summed E-state index contributed by atoms with van der Waals surface area (Å²) in [6.07, 6.45) is 1.52. The van der Waals surface area contributed by atoms with Crippen LogP contribution in [0.25, 0.3) is 0 Å². The predicted molar refractivity (Wildman–Crippen MR) is 67.0 cm³/mol. The van der Waals surface area contributed by atoms with Crippen molar-refractivity contribution in [3.8, 4) is 0 Å². The van der Waals surface area contributed by atoms with Crippen molar-refractivity contribution in [1.82, 2.24) is 4.57 Å². The van der Waals surface area contributed by atoms with Gasteiger partial charge in [0.1, 0.15) is 0 Å². The molecule has 0 saturated carbocycles. The Morgan fingerprint density at radius 1 is 1.56 bits per heavy atom. The Morgan fingerprint density at radius 3 is 2.89 bits per heavy atom. The number of oxime groups is 1. The van der Waals surface area contributed by atoms with Gasteiger partial charge in [0.25, 0.3) is 0 Å². The molecular formula is C12H18N2O4. The van der Waals surface area contributed by atoms with Crippen LogP contribution in [0.1, 0.15) is 17.0 Å². The van der Waals surface area contributed by atoms with Crippen LogP contribution in [0.5, 0.6) is 0 Å². The lowest BCUT2D eigenvalue weighted by molar-refractivity contribution is -0.142. The SMILES string of the molecule is COCCn1c(C)cc(/C=N/OCC(=O)O)c1C. The van der Waals surface area contributed by atoms with Gasteiger partial charge >= 0.3 is 5.97 Å². The molecule has 0 amide bonds. The number of rotatable bonds is 7. The standard InChI is InChI=1S/C12H18N2O4/c1-9-6-11(7-13-18-8-12(15)16)10(2)14(9)4-5-17-3/h6-7H,4-5,8H2,1-3H3,(H,15,16)/b13-7+. The zero-order valence-corrected chi connectivity index (χ0v) is 10.8. The van der Waals surface area contributed by atoms with Gasteiger partial charge < -0.3 is 19.2 Å². The molecule has 1 rings (SSSR count). The van der Waals surface area contributed by atoms with E-state index in [4.69, 9.17) is 9.84 Å². The van der Waals surface area contributed by atoms with E-state index < -0.39 is 12.6 Å². The van der Waals surface area contributed by atoms with Gasteiger partial charge in [-0.05, 0) is 19.9 Å². The summed E-state index contributed by atoms with van der Waals surface area (Å²) in [5.74, 6) is -1.04. The molecule has 1 aromatic rings. The Labute approximate surface area is 106 Å². The van der Waals surface area contributed by atoms with Crippen LogP contribution in [0.3, 0.4) is 0 Å². The summed E-state index contributed by atoms with van der Waals surface area (Å²) in [6.45, 7) is 4.96. The Hall–Kier alpha value is -1.82. The Bertz CT molecular complexity index is 438. The second kappa shape index (κ2) is 6.80. The van der Waals surface area contributed by atoms with Gasteiger partial charge in [-0.3, -0.25) is 0 Å². The summed E-state index contributed by atoms with van der Waals surface area (Å²) in [5.41, 5.74) is 3.06. The maximum atomic E-state index is 10.2. The van der Waals surface area contributed by atoms with E-state index in [0.29, 0.717) is 6.61 Å². The van der Waals surface area contributed by atoms with Crippen LogP contribution in [0, 0.1) is 13.8 Å². The summed E-state index contributed by atoms with van der Waals surface area (Å²) >= 11 is 0. The van der Waals surface area contributed by atoms with E-state index in [0.717, 1.165) is 23.5 Å². The summed E-state index contributed by atoms with van der Waals surface area (Å²) in [5, 5.41) is 12.0. The van der Waals surface area contributed by atoms with Crippen molar-refractivity contribution in [2.45, 2.75) is 20.4 Å². The van der Waals surface area contributed by atoms with Crippen LogP contribution in [0.4, 0.5) is 0 Å². The molecule has 0 atom stereocenters. The summed E-state index contributed by atoms with van der Waals surface area (Å²) in [4.78, 5) is 14.9. The minimum atomic E-state index is -1.04. The Balaban J connectivity index is 2.69. The molecule has 18 heavy (non-hydrogen) atoms. The first-order chi connectivity index (χ1) is 8.56. The molecule has 0 aromatic carbocycles. The number of methoxy groups -OCH3 is 1. The van der Waals surface area contributed by atoms with Crippen molar-refractivity contribution in [3.63, 3.8) is 0 Å². The van der Waals surface area contributed by atoms with Gasteiger partial charge in [0.15, 0.2) is 0 Å². The maximum Gasteiger partial charge on any atom is 0.344 e. The Kier molecular flexibility index (Phi) is 5.38. The van der Waals surface area contributed by atoms with E-state index in [-0.39, 0.29) is 0 Å². The number of carboxylic acids is 1. The fourth-order valence-electron chi connectivity index (χ4n) is 1.67.